The van der Waals surface area contributed by atoms with Crippen molar-refractivity contribution in [1.29, 1.82) is 0 Å². The molecule has 2 aliphatic carbocycles. The van der Waals surface area contributed by atoms with Gasteiger partial charge in [-0.2, -0.15) is 4.39 Å². The number of carbonyl (C=O) groups is 1. The summed E-state index contributed by atoms with van der Waals surface area (Å²) < 4.78 is 56.7. The largest absolute Gasteiger partial charge is 0.365 e. The number of benzene rings is 1. The Hall–Kier alpha value is -3.54. The van der Waals surface area contributed by atoms with E-state index in [0.29, 0.717) is 37.4 Å². The van der Waals surface area contributed by atoms with Gasteiger partial charge in [0.2, 0.25) is 5.95 Å². The van der Waals surface area contributed by atoms with E-state index >= 15 is 4.39 Å². The summed E-state index contributed by atoms with van der Waals surface area (Å²) in [6.07, 6.45) is 1.43. The Morgan fingerprint density at radius 3 is 2.46 bits per heavy atom. The van der Waals surface area contributed by atoms with E-state index < -0.39 is 35.6 Å². The second kappa shape index (κ2) is 8.79. The number of carbonyl (C=O) groups excluding carboxylic acids is 1. The minimum atomic E-state index is -2.94. The van der Waals surface area contributed by atoms with Crippen LogP contribution in [0.1, 0.15) is 46.9 Å². The predicted molar refractivity (Wildman–Crippen MR) is 127 cm³/mol. The lowest BCUT2D eigenvalue weighted by atomic mass is 10.1. The van der Waals surface area contributed by atoms with Crippen LogP contribution in [0.2, 0.25) is 0 Å². The van der Waals surface area contributed by atoms with Crippen molar-refractivity contribution in [3.63, 3.8) is 0 Å². The number of halogens is 4. The Labute approximate surface area is 208 Å². The Morgan fingerprint density at radius 2 is 1.81 bits per heavy atom. The van der Waals surface area contributed by atoms with Gasteiger partial charge in [0.25, 0.3) is 17.4 Å². The molecule has 3 aromatic rings. The zero-order valence-corrected chi connectivity index (χ0v) is 19.7. The van der Waals surface area contributed by atoms with Crippen LogP contribution < -0.4 is 15.8 Å². The van der Waals surface area contributed by atoms with E-state index in [4.69, 9.17) is 0 Å². The minimum absolute atomic E-state index is 0.0454. The Morgan fingerprint density at radius 1 is 1.08 bits per heavy atom. The summed E-state index contributed by atoms with van der Waals surface area (Å²) in [4.78, 5) is 38.4. The lowest BCUT2D eigenvalue weighted by Gasteiger charge is -2.36. The van der Waals surface area contributed by atoms with Gasteiger partial charge < -0.3 is 15.2 Å². The molecule has 3 heterocycles. The van der Waals surface area contributed by atoms with Gasteiger partial charge in [-0.25, -0.2) is 23.1 Å². The summed E-state index contributed by atoms with van der Waals surface area (Å²) in [5, 5.41) is 2.78. The standard InChI is InChI=1S/C25H24F4N6O2/c26-19-13(1-4-16-21(19)33-24(37)20(31-16)15-11-25(15,28)29)12-34-7-9-35(10-8-34)18-6-5-17(32-22(18)27)23(36)30-14-2-3-14/h1,4-6,14-15H,2-3,7-12H2,(H,30,36)(H,33,37). The first-order valence-electron chi connectivity index (χ1n) is 12.2. The molecule has 1 atom stereocenters. The lowest BCUT2D eigenvalue weighted by Crippen LogP contribution is -2.46. The molecule has 1 aliphatic heterocycles. The average molecular weight is 516 g/mol. The number of fused-ring (bicyclic) bond motifs is 1. The molecule has 2 saturated carbocycles. The summed E-state index contributed by atoms with van der Waals surface area (Å²) in [5.41, 5.74) is -0.357. The number of hydrogen-bond donors (Lipinski definition) is 2. The molecule has 1 amide bonds. The van der Waals surface area contributed by atoms with Crippen LogP contribution in [-0.2, 0) is 6.54 Å². The number of nitrogens with zero attached hydrogens (tertiary/aromatic N) is 4. The van der Waals surface area contributed by atoms with Crippen LogP contribution in [0.4, 0.5) is 23.2 Å². The average Bonchev–Trinajstić information content (AvgIpc) is 3.79. The third-order valence-electron chi connectivity index (χ3n) is 7.15. The molecule has 2 N–H and O–H groups in total. The summed E-state index contributed by atoms with van der Waals surface area (Å²) in [6.45, 7) is 2.23. The molecule has 0 spiro atoms. The number of nitrogens with one attached hydrogen (secondary N) is 2. The first kappa shape index (κ1) is 23.8. The maximum Gasteiger partial charge on any atom is 0.270 e. The molecular formula is C25H24F4N6O2. The van der Waals surface area contributed by atoms with Crippen LogP contribution in [0.15, 0.2) is 29.1 Å². The van der Waals surface area contributed by atoms with Crippen molar-refractivity contribution in [3.8, 4) is 0 Å². The molecule has 1 aromatic carbocycles. The molecular weight excluding hydrogens is 492 g/mol. The highest BCUT2D eigenvalue weighted by atomic mass is 19.3. The number of amides is 1. The number of hydrogen-bond acceptors (Lipinski definition) is 6. The van der Waals surface area contributed by atoms with Crippen molar-refractivity contribution in [2.75, 3.05) is 31.1 Å². The number of aromatic nitrogens is 3. The van der Waals surface area contributed by atoms with Gasteiger partial charge in [-0.05, 0) is 31.0 Å². The molecule has 3 aliphatic rings. The summed E-state index contributed by atoms with van der Waals surface area (Å²) in [7, 11) is 0. The smallest absolute Gasteiger partial charge is 0.270 e. The van der Waals surface area contributed by atoms with E-state index in [2.05, 4.69) is 20.3 Å². The fourth-order valence-corrected chi connectivity index (χ4v) is 4.71. The third-order valence-corrected chi connectivity index (χ3v) is 7.15. The van der Waals surface area contributed by atoms with Crippen LogP contribution in [-0.4, -0.2) is 63.9 Å². The molecule has 12 heteroatoms. The molecule has 0 bridgehead atoms. The fraction of sp³-hybridized carbons (Fsp3) is 0.440. The van der Waals surface area contributed by atoms with Gasteiger partial charge in [0, 0.05) is 50.7 Å². The Kier molecular flexibility index (Phi) is 5.66. The first-order valence-corrected chi connectivity index (χ1v) is 12.2. The molecule has 1 unspecified atom stereocenters. The van der Waals surface area contributed by atoms with Gasteiger partial charge in [-0.3, -0.25) is 14.5 Å². The molecule has 194 valence electrons. The van der Waals surface area contributed by atoms with Crippen LogP contribution in [0.3, 0.4) is 0 Å². The van der Waals surface area contributed by atoms with E-state index in [1.54, 1.807) is 12.1 Å². The van der Waals surface area contributed by atoms with E-state index in [9.17, 15) is 22.8 Å². The normalized spacial score (nSPS) is 21.3. The van der Waals surface area contributed by atoms with Crippen LogP contribution >= 0.6 is 0 Å². The minimum Gasteiger partial charge on any atom is -0.365 e. The number of alkyl halides is 2. The Balaban J connectivity index is 1.11. The second-order valence-electron chi connectivity index (χ2n) is 9.92. The molecule has 2 aromatic heterocycles. The number of rotatable bonds is 6. The summed E-state index contributed by atoms with van der Waals surface area (Å²) in [6, 6.07) is 6.28. The van der Waals surface area contributed by atoms with E-state index in [1.165, 1.54) is 12.1 Å². The molecule has 1 saturated heterocycles. The van der Waals surface area contributed by atoms with Crippen molar-refractivity contribution in [2.24, 2.45) is 0 Å². The molecule has 0 radical (unpaired) electrons. The maximum absolute atomic E-state index is 15.2. The first-order chi connectivity index (χ1) is 17.7. The zero-order valence-electron chi connectivity index (χ0n) is 19.7. The SMILES string of the molecule is O=C(NC1CC1)c1ccc(N2CCN(Cc3ccc4nc(C5CC5(F)F)c(=O)[nH]c4c3F)CC2)c(F)n1. The number of piperazine rings is 1. The van der Waals surface area contributed by atoms with Gasteiger partial charge in [0.05, 0.1) is 17.1 Å². The summed E-state index contributed by atoms with van der Waals surface area (Å²) in [5.74, 6) is -5.91. The summed E-state index contributed by atoms with van der Waals surface area (Å²) >= 11 is 0. The molecule has 37 heavy (non-hydrogen) atoms. The van der Waals surface area contributed by atoms with E-state index in [-0.39, 0.29) is 40.9 Å². The fourth-order valence-electron chi connectivity index (χ4n) is 4.71. The van der Waals surface area contributed by atoms with Gasteiger partial charge in [0.15, 0.2) is 5.82 Å². The van der Waals surface area contributed by atoms with Crippen LogP contribution in [0.5, 0.6) is 0 Å². The van der Waals surface area contributed by atoms with Gasteiger partial charge >= 0.3 is 0 Å². The maximum atomic E-state index is 15.2. The van der Waals surface area contributed by atoms with Gasteiger partial charge in [-0.1, -0.05) is 6.07 Å². The van der Waals surface area contributed by atoms with Crippen molar-refractivity contribution in [3.05, 3.63) is 63.3 Å². The Bertz CT molecular complexity index is 1450. The van der Waals surface area contributed by atoms with E-state index in [1.807, 2.05) is 9.80 Å². The van der Waals surface area contributed by atoms with E-state index in [0.717, 1.165) is 12.8 Å². The number of H-pyrrole nitrogens is 1. The van der Waals surface area contributed by atoms with Crippen molar-refractivity contribution >= 4 is 22.6 Å². The van der Waals surface area contributed by atoms with Crippen molar-refractivity contribution < 1.29 is 22.4 Å². The van der Waals surface area contributed by atoms with Crippen molar-refractivity contribution in [2.45, 2.75) is 43.7 Å². The molecule has 8 nitrogen and oxygen atoms in total. The number of pyridine rings is 1. The van der Waals surface area contributed by atoms with Crippen LogP contribution in [0.25, 0.3) is 11.0 Å². The highest BCUT2D eigenvalue weighted by Crippen LogP contribution is 2.54. The highest BCUT2D eigenvalue weighted by molar-refractivity contribution is 5.92. The van der Waals surface area contributed by atoms with Gasteiger partial charge in [-0.15, -0.1) is 0 Å². The predicted octanol–water partition coefficient (Wildman–Crippen LogP) is 2.93. The molecule has 3 fully saturated rings. The highest BCUT2D eigenvalue weighted by Gasteiger charge is 2.59. The topological polar surface area (TPSA) is 94.2 Å². The monoisotopic (exact) mass is 516 g/mol. The van der Waals surface area contributed by atoms with Crippen LogP contribution in [0, 0.1) is 11.8 Å². The third kappa shape index (κ3) is 4.65. The number of aromatic amines is 1. The quantitative estimate of drug-likeness (QED) is 0.387. The second-order valence-corrected chi connectivity index (χ2v) is 9.92. The lowest BCUT2D eigenvalue weighted by molar-refractivity contribution is 0.0944. The molecule has 6 rings (SSSR count). The van der Waals surface area contributed by atoms with Gasteiger partial charge in [0.1, 0.15) is 16.9 Å². The number of anilines is 1. The van der Waals surface area contributed by atoms with Crippen molar-refractivity contribution in [1.82, 2.24) is 25.2 Å². The zero-order chi connectivity index (χ0) is 25.9.